The molecule has 0 aromatic carbocycles. The lowest BCUT2D eigenvalue weighted by atomic mass is 10.2. The van der Waals surface area contributed by atoms with Crippen molar-refractivity contribution in [2.45, 2.75) is 44.6 Å². The van der Waals surface area contributed by atoms with E-state index in [0.717, 1.165) is 28.4 Å². The average Bonchev–Trinajstić information content (AvgIpc) is 3.30. The maximum atomic E-state index is 12.7. The molecule has 1 N–H and O–H groups in total. The number of rotatable bonds is 7. The number of allylic oxidation sites excluding steroid dienone is 1. The highest BCUT2D eigenvalue weighted by molar-refractivity contribution is 8.00. The zero-order valence-electron chi connectivity index (χ0n) is 16.7. The second-order valence-electron chi connectivity index (χ2n) is 6.51. The number of thioether (sulfide) groups is 1. The highest BCUT2D eigenvalue weighted by atomic mass is 32.2. The van der Waals surface area contributed by atoms with Gasteiger partial charge in [-0.05, 0) is 33.8 Å². The lowest BCUT2D eigenvalue weighted by Crippen LogP contribution is -2.23. The van der Waals surface area contributed by atoms with Gasteiger partial charge in [-0.2, -0.15) is 5.10 Å². The smallest absolute Gasteiger partial charge is 0.237 e. The molecule has 0 unspecified atom stereocenters. The number of nitrogens with one attached hydrogen (secondary N) is 1. The zero-order chi connectivity index (χ0) is 20.4. The van der Waals surface area contributed by atoms with Crippen molar-refractivity contribution in [3.8, 4) is 11.4 Å². The third-order valence-electron chi connectivity index (χ3n) is 4.54. The minimum absolute atomic E-state index is 0.113. The van der Waals surface area contributed by atoms with Gasteiger partial charge in [0.25, 0.3) is 0 Å². The predicted molar refractivity (Wildman–Crippen MR) is 109 cm³/mol. The van der Waals surface area contributed by atoms with Crippen molar-refractivity contribution in [2.75, 3.05) is 5.32 Å². The highest BCUT2D eigenvalue weighted by Crippen LogP contribution is 2.30. The van der Waals surface area contributed by atoms with Crippen LogP contribution in [0.1, 0.15) is 24.1 Å². The molecule has 0 bridgehead atoms. The Kier molecular flexibility index (Phi) is 5.73. The molecule has 3 aromatic heterocycles. The number of hydrogen-bond donors (Lipinski definition) is 1. The molecule has 1 atom stereocenters. The van der Waals surface area contributed by atoms with Crippen LogP contribution in [-0.2, 0) is 18.4 Å². The largest absolute Gasteiger partial charge is 0.469 e. The first-order valence-electron chi connectivity index (χ1n) is 8.89. The Bertz CT molecular complexity index is 1020. The second kappa shape index (κ2) is 8.05. The van der Waals surface area contributed by atoms with E-state index in [2.05, 4.69) is 27.2 Å². The lowest BCUT2D eigenvalue weighted by Gasteiger charge is -2.13. The molecule has 3 aromatic rings. The van der Waals surface area contributed by atoms with Gasteiger partial charge in [0, 0.05) is 13.6 Å². The van der Waals surface area contributed by atoms with Gasteiger partial charge in [-0.25, -0.2) is 0 Å². The summed E-state index contributed by atoms with van der Waals surface area (Å²) in [6, 6.07) is 1.86. The van der Waals surface area contributed by atoms with Crippen molar-refractivity contribution in [3.63, 3.8) is 0 Å². The summed E-state index contributed by atoms with van der Waals surface area (Å²) in [5.41, 5.74) is 3.33. The highest BCUT2D eigenvalue weighted by Gasteiger charge is 2.23. The first kappa shape index (κ1) is 19.9. The van der Waals surface area contributed by atoms with Gasteiger partial charge in [0.1, 0.15) is 5.76 Å². The molecular weight excluding hydrogens is 376 g/mol. The maximum Gasteiger partial charge on any atom is 0.237 e. The van der Waals surface area contributed by atoms with E-state index < -0.39 is 0 Å². The monoisotopic (exact) mass is 400 g/mol. The first-order valence-corrected chi connectivity index (χ1v) is 9.77. The summed E-state index contributed by atoms with van der Waals surface area (Å²) in [6.45, 7) is 11.9. The topological polar surface area (TPSA) is 90.8 Å². The third-order valence-corrected chi connectivity index (χ3v) is 5.62. The molecule has 148 valence electrons. The molecule has 9 heteroatoms. The fourth-order valence-electron chi connectivity index (χ4n) is 2.88. The molecule has 8 nitrogen and oxygen atoms in total. The second-order valence-corrected chi connectivity index (χ2v) is 7.82. The van der Waals surface area contributed by atoms with E-state index in [1.807, 2.05) is 45.4 Å². The van der Waals surface area contributed by atoms with Crippen LogP contribution in [-0.4, -0.2) is 35.7 Å². The number of carbonyl (C=O) groups is 1. The number of carbonyl (C=O) groups excluding carboxylic acids is 1. The number of anilines is 1. The molecule has 28 heavy (non-hydrogen) atoms. The van der Waals surface area contributed by atoms with Gasteiger partial charge in [0.15, 0.2) is 11.0 Å². The van der Waals surface area contributed by atoms with Gasteiger partial charge in [0.05, 0.1) is 34.2 Å². The van der Waals surface area contributed by atoms with Crippen molar-refractivity contribution in [2.24, 2.45) is 7.05 Å². The summed E-state index contributed by atoms with van der Waals surface area (Å²) in [6.07, 6.45) is 3.40. The summed E-state index contributed by atoms with van der Waals surface area (Å²) < 4.78 is 9.07. The zero-order valence-corrected chi connectivity index (χ0v) is 17.5. The van der Waals surface area contributed by atoms with Gasteiger partial charge in [-0.1, -0.05) is 17.8 Å². The number of nitrogens with zero attached hydrogens (tertiary/aromatic N) is 5. The summed E-state index contributed by atoms with van der Waals surface area (Å²) in [7, 11) is 1.85. The first-order chi connectivity index (χ1) is 13.3. The molecule has 0 aliphatic rings. The molecule has 0 aliphatic heterocycles. The Morgan fingerprint density at radius 2 is 2.14 bits per heavy atom. The van der Waals surface area contributed by atoms with E-state index in [1.54, 1.807) is 17.0 Å². The molecule has 0 fully saturated rings. The Morgan fingerprint density at radius 3 is 2.71 bits per heavy atom. The number of aromatic nitrogens is 5. The Balaban J connectivity index is 1.81. The number of amides is 1. The van der Waals surface area contributed by atoms with E-state index in [-0.39, 0.29) is 11.2 Å². The van der Waals surface area contributed by atoms with Crippen LogP contribution >= 0.6 is 11.8 Å². The van der Waals surface area contributed by atoms with E-state index in [0.29, 0.717) is 17.5 Å². The van der Waals surface area contributed by atoms with Crippen molar-refractivity contribution < 1.29 is 9.21 Å². The van der Waals surface area contributed by atoms with E-state index in [1.165, 1.54) is 11.8 Å². The van der Waals surface area contributed by atoms with Gasteiger partial charge < -0.3 is 9.73 Å². The van der Waals surface area contributed by atoms with Crippen LogP contribution in [0.4, 0.5) is 5.69 Å². The standard InChI is InChI=1S/C19H24N6O2S/c1-7-9-25-17(15-8-10-27-13(15)4)21-22-19(25)28-14(5)18(26)20-16-11(2)23-24(6)12(16)3/h7-8,10,14H,1,9H2,2-6H3,(H,20,26)/t14-/m1/s1. The number of aryl methyl sites for hydroxylation is 3. The minimum Gasteiger partial charge on any atom is -0.469 e. The molecule has 3 rings (SSSR count). The van der Waals surface area contributed by atoms with Crippen LogP contribution in [0.15, 0.2) is 34.6 Å². The van der Waals surface area contributed by atoms with Crippen molar-refractivity contribution >= 4 is 23.4 Å². The molecule has 0 spiro atoms. The number of hydrogen-bond acceptors (Lipinski definition) is 6. The minimum atomic E-state index is -0.370. The molecule has 1 amide bonds. The molecule has 3 heterocycles. The summed E-state index contributed by atoms with van der Waals surface area (Å²) in [4.78, 5) is 12.7. The van der Waals surface area contributed by atoms with Crippen LogP contribution in [0.3, 0.4) is 0 Å². The number of furan rings is 1. The van der Waals surface area contributed by atoms with Crippen molar-refractivity contribution in [1.82, 2.24) is 24.5 Å². The van der Waals surface area contributed by atoms with Gasteiger partial charge >= 0.3 is 0 Å². The van der Waals surface area contributed by atoms with Gasteiger partial charge in [-0.3, -0.25) is 14.0 Å². The van der Waals surface area contributed by atoms with Gasteiger partial charge in [-0.15, -0.1) is 16.8 Å². The fraction of sp³-hybridized carbons (Fsp3) is 0.368. The molecule has 0 saturated heterocycles. The summed E-state index contributed by atoms with van der Waals surface area (Å²) in [5, 5.41) is 16.2. The van der Waals surface area contributed by atoms with Crippen LogP contribution in [0.25, 0.3) is 11.4 Å². The molecular formula is C19H24N6O2S. The third kappa shape index (κ3) is 3.75. The summed E-state index contributed by atoms with van der Waals surface area (Å²) in [5.74, 6) is 1.35. The average molecular weight is 401 g/mol. The predicted octanol–water partition coefficient (Wildman–Crippen LogP) is 3.50. The van der Waals surface area contributed by atoms with Crippen LogP contribution in [0, 0.1) is 20.8 Å². The SMILES string of the molecule is C=CCn1c(S[C@H](C)C(=O)Nc2c(C)nn(C)c2C)nnc1-c1ccoc1C. The van der Waals surface area contributed by atoms with Crippen molar-refractivity contribution in [3.05, 3.63) is 42.1 Å². The van der Waals surface area contributed by atoms with Crippen LogP contribution in [0.5, 0.6) is 0 Å². The Labute approximate surface area is 168 Å². The quantitative estimate of drug-likeness (QED) is 0.482. The Morgan fingerprint density at radius 1 is 1.39 bits per heavy atom. The van der Waals surface area contributed by atoms with Crippen LogP contribution in [0.2, 0.25) is 0 Å². The molecule has 0 aliphatic carbocycles. The summed E-state index contributed by atoms with van der Waals surface area (Å²) >= 11 is 1.35. The normalized spacial score (nSPS) is 12.2. The van der Waals surface area contributed by atoms with Crippen molar-refractivity contribution in [1.29, 1.82) is 0 Å². The maximum absolute atomic E-state index is 12.7. The lowest BCUT2D eigenvalue weighted by molar-refractivity contribution is -0.115. The van der Waals surface area contributed by atoms with Gasteiger partial charge in [0.2, 0.25) is 5.91 Å². The molecule has 0 radical (unpaired) electrons. The van der Waals surface area contributed by atoms with Crippen LogP contribution < -0.4 is 5.32 Å². The molecule has 0 saturated carbocycles. The van der Waals surface area contributed by atoms with E-state index >= 15 is 0 Å². The van der Waals surface area contributed by atoms with E-state index in [9.17, 15) is 4.79 Å². The van der Waals surface area contributed by atoms with E-state index in [4.69, 9.17) is 4.42 Å². The Hall–Kier alpha value is -2.81. The fourth-order valence-corrected chi connectivity index (χ4v) is 3.74.